The first-order valence-corrected chi connectivity index (χ1v) is 7.42. The SMILES string of the molecule is CCCCOCCOc1ccc(CNC(C)(C)C)nc1. The number of aromatic nitrogens is 1. The summed E-state index contributed by atoms with van der Waals surface area (Å²) in [5.41, 5.74) is 1.12. The molecule has 0 spiro atoms. The molecule has 1 N–H and O–H groups in total. The molecule has 0 aliphatic rings. The molecule has 0 aliphatic carbocycles. The predicted octanol–water partition coefficient (Wildman–Crippen LogP) is 3.17. The van der Waals surface area contributed by atoms with Gasteiger partial charge in [-0.15, -0.1) is 0 Å². The van der Waals surface area contributed by atoms with E-state index < -0.39 is 0 Å². The quantitative estimate of drug-likeness (QED) is 0.706. The van der Waals surface area contributed by atoms with Gasteiger partial charge in [0.25, 0.3) is 0 Å². The minimum atomic E-state index is 0.104. The second-order valence-electron chi connectivity index (χ2n) is 5.90. The van der Waals surface area contributed by atoms with E-state index in [0.29, 0.717) is 13.2 Å². The zero-order chi connectivity index (χ0) is 14.8. The lowest BCUT2D eigenvalue weighted by Gasteiger charge is -2.20. The molecule has 0 amide bonds. The lowest BCUT2D eigenvalue weighted by molar-refractivity contribution is 0.0979. The summed E-state index contributed by atoms with van der Waals surface area (Å²) < 4.78 is 11.0. The Kier molecular flexibility index (Phi) is 7.55. The highest BCUT2D eigenvalue weighted by molar-refractivity contribution is 5.19. The van der Waals surface area contributed by atoms with Crippen LogP contribution in [0.5, 0.6) is 5.75 Å². The van der Waals surface area contributed by atoms with Crippen LogP contribution in [-0.4, -0.2) is 30.3 Å². The van der Waals surface area contributed by atoms with Crippen molar-refractivity contribution >= 4 is 0 Å². The van der Waals surface area contributed by atoms with Crippen LogP contribution >= 0.6 is 0 Å². The predicted molar refractivity (Wildman–Crippen MR) is 82.1 cm³/mol. The molecular formula is C16H28N2O2. The van der Waals surface area contributed by atoms with E-state index in [4.69, 9.17) is 9.47 Å². The highest BCUT2D eigenvalue weighted by atomic mass is 16.5. The zero-order valence-corrected chi connectivity index (χ0v) is 13.2. The van der Waals surface area contributed by atoms with Crippen LogP contribution in [0.2, 0.25) is 0 Å². The van der Waals surface area contributed by atoms with Gasteiger partial charge >= 0.3 is 0 Å². The van der Waals surface area contributed by atoms with Gasteiger partial charge in [0.05, 0.1) is 18.5 Å². The molecule has 0 saturated heterocycles. The maximum Gasteiger partial charge on any atom is 0.137 e. The maximum absolute atomic E-state index is 5.58. The molecule has 4 heteroatoms. The van der Waals surface area contributed by atoms with Crippen molar-refractivity contribution in [1.29, 1.82) is 0 Å². The molecular weight excluding hydrogens is 252 g/mol. The Bertz CT molecular complexity index is 358. The molecule has 1 aromatic heterocycles. The smallest absolute Gasteiger partial charge is 0.137 e. The van der Waals surface area contributed by atoms with E-state index in [0.717, 1.165) is 37.4 Å². The summed E-state index contributed by atoms with van der Waals surface area (Å²) in [7, 11) is 0. The Labute approximate surface area is 122 Å². The Morgan fingerprint density at radius 3 is 2.55 bits per heavy atom. The fourth-order valence-electron chi connectivity index (χ4n) is 1.52. The molecule has 0 aromatic carbocycles. The number of hydrogen-bond donors (Lipinski definition) is 1. The van der Waals surface area contributed by atoms with E-state index in [2.05, 4.69) is 38.0 Å². The Morgan fingerprint density at radius 1 is 1.15 bits per heavy atom. The second kappa shape index (κ2) is 8.93. The van der Waals surface area contributed by atoms with Gasteiger partial charge in [-0.05, 0) is 39.3 Å². The van der Waals surface area contributed by atoms with E-state index in [1.54, 1.807) is 6.20 Å². The molecule has 4 nitrogen and oxygen atoms in total. The van der Waals surface area contributed by atoms with Crippen LogP contribution < -0.4 is 10.1 Å². The van der Waals surface area contributed by atoms with Crippen LogP contribution in [0.15, 0.2) is 18.3 Å². The molecule has 0 bridgehead atoms. The number of unbranched alkanes of at least 4 members (excludes halogenated alkanes) is 1. The fraction of sp³-hybridized carbons (Fsp3) is 0.688. The van der Waals surface area contributed by atoms with Gasteiger partial charge in [0.1, 0.15) is 12.4 Å². The summed E-state index contributed by atoms with van der Waals surface area (Å²) in [6.07, 6.45) is 4.04. The second-order valence-corrected chi connectivity index (χ2v) is 5.90. The summed E-state index contributed by atoms with van der Waals surface area (Å²) in [5, 5.41) is 3.41. The third-order valence-electron chi connectivity index (χ3n) is 2.74. The van der Waals surface area contributed by atoms with Gasteiger partial charge in [0.15, 0.2) is 0 Å². The van der Waals surface area contributed by atoms with Crippen LogP contribution in [0.1, 0.15) is 46.2 Å². The molecule has 0 radical (unpaired) electrons. The van der Waals surface area contributed by atoms with Crippen molar-refractivity contribution in [2.24, 2.45) is 0 Å². The van der Waals surface area contributed by atoms with Crippen molar-refractivity contribution < 1.29 is 9.47 Å². The topological polar surface area (TPSA) is 43.4 Å². The summed E-state index contributed by atoms with van der Waals surface area (Å²) in [6.45, 7) is 11.4. The van der Waals surface area contributed by atoms with Crippen molar-refractivity contribution in [3.63, 3.8) is 0 Å². The fourth-order valence-corrected chi connectivity index (χ4v) is 1.52. The average Bonchev–Trinajstić information content (AvgIpc) is 2.41. The number of rotatable bonds is 9. The molecule has 114 valence electrons. The maximum atomic E-state index is 5.58. The van der Waals surface area contributed by atoms with E-state index >= 15 is 0 Å². The average molecular weight is 280 g/mol. The van der Waals surface area contributed by atoms with E-state index in [1.165, 1.54) is 0 Å². The van der Waals surface area contributed by atoms with Crippen molar-refractivity contribution in [1.82, 2.24) is 10.3 Å². The van der Waals surface area contributed by atoms with Gasteiger partial charge in [-0.1, -0.05) is 13.3 Å². The van der Waals surface area contributed by atoms with E-state index in [9.17, 15) is 0 Å². The third kappa shape index (κ3) is 8.12. The number of nitrogens with zero attached hydrogens (tertiary/aromatic N) is 1. The minimum Gasteiger partial charge on any atom is -0.490 e. The summed E-state index contributed by atoms with van der Waals surface area (Å²) in [4.78, 5) is 4.38. The lowest BCUT2D eigenvalue weighted by Crippen LogP contribution is -2.35. The standard InChI is InChI=1S/C16H28N2O2/c1-5-6-9-19-10-11-20-15-8-7-14(17-13-15)12-18-16(2,3)4/h7-8,13,18H,5-6,9-12H2,1-4H3. The normalized spacial score (nSPS) is 11.6. The zero-order valence-electron chi connectivity index (χ0n) is 13.2. The summed E-state index contributed by atoms with van der Waals surface area (Å²) in [6, 6.07) is 3.95. The highest BCUT2D eigenvalue weighted by Gasteiger charge is 2.08. The van der Waals surface area contributed by atoms with Crippen molar-refractivity contribution in [3.05, 3.63) is 24.0 Å². The molecule has 20 heavy (non-hydrogen) atoms. The first kappa shape index (κ1) is 16.9. The van der Waals surface area contributed by atoms with E-state index in [1.807, 2.05) is 12.1 Å². The Balaban J connectivity index is 2.21. The first-order valence-electron chi connectivity index (χ1n) is 7.42. The van der Waals surface area contributed by atoms with Crippen molar-refractivity contribution in [3.8, 4) is 5.75 Å². The van der Waals surface area contributed by atoms with Crippen LogP contribution in [0.3, 0.4) is 0 Å². The molecule has 0 atom stereocenters. The van der Waals surface area contributed by atoms with E-state index in [-0.39, 0.29) is 5.54 Å². The van der Waals surface area contributed by atoms with Gasteiger partial charge in [0.2, 0.25) is 0 Å². The molecule has 0 saturated carbocycles. The van der Waals surface area contributed by atoms with Crippen LogP contribution in [0, 0.1) is 0 Å². The summed E-state index contributed by atoms with van der Waals surface area (Å²) >= 11 is 0. The molecule has 0 unspecified atom stereocenters. The monoisotopic (exact) mass is 280 g/mol. The highest BCUT2D eigenvalue weighted by Crippen LogP contribution is 2.10. The third-order valence-corrected chi connectivity index (χ3v) is 2.74. The van der Waals surface area contributed by atoms with Crippen LogP contribution in [0.4, 0.5) is 0 Å². The van der Waals surface area contributed by atoms with Crippen molar-refractivity contribution in [2.75, 3.05) is 19.8 Å². The van der Waals surface area contributed by atoms with Crippen LogP contribution in [-0.2, 0) is 11.3 Å². The number of pyridine rings is 1. The van der Waals surface area contributed by atoms with Gasteiger partial charge in [-0.3, -0.25) is 4.98 Å². The minimum absolute atomic E-state index is 0.104. The molecule has 0 fully saturated rings. The lowest BCUT2D eigenvalue weighted by atomic mass is 10.1. The summed E-state index contributed by atoms with van der Waals surface area (Å²) in [5.74, 6) is 0.795. The van der Waals surface area contributed by atoms with Gasteiger partial charge in [-0.25, -0.2) is 0 Å². The van der Waals surface area contributed by atoms with Crippen molar-refractivity contribution in [2.45, 2.75) is 52.6 Å². The Hall–Kier alpha value is -1.13. The first-order chi connectivity index (χ1) is 9.51. The van der Waals surface area contributed by atoms with Gasteiger partial charge in [0, 0.05) is 18.7 Å². The number of hydrogen-bond acceptors (Lipinski definition) is 4. The molecule has 1 heterocycles. The van der Waals surface area contributed by atoms with Gasteiger partial charge in [-0.2, -0.15) is 0 Å². The van der Waals surface area contributed by atoms with Gasteiger partial charge < -0.3 is 14.8 Å². The molecule has 1 rings (SSSR count). The van der Waals surface area contributed by atoms with Crippen LogP contribution in [0.25, 0.3) is 0 Å². The number of ether oxygens (including phenoxy) is 2. The largest absolute Gasteiger partial charge is 0.490 e. The molecule has 1 aromatic rings. The number of nitrogens with one attached hydrogen (secondary N) is 1. The molecule has 0 aliphatic heterocycles. The Morgan fingerprint density at radius 2 is 1.95 bits per heavy atom.